The average Bonchev–Trinajstić information content (AvgIpc) is 2.59. The zero-order chi connectivity index (χ0) is 16.3. The van der Waals surface area contributed by atoms with E-state index in [1.54, 1.807) is 0 Å². The van der Waals surface area contributed by atoms with Gasteiger partial charge < -0.3 is 0 Å². The number of allylic oxidation sites excluding steroid dienone is 6. The van der Waals surface area contributed by atoms with Gasteiger partial charge >= 0.3 is 0 Å². The topological polar surface area (TPSA) is 0 Å². The Labute approximate surface area is 134 Å². The zero-order valence-corrected chi connectivity index (χ0v) is 17.1. The maximum absolute atomic E-state index is 4.33. The van der Waals surface area contributed by atoms with E-state index in [-0.39, 0.29) is 0 Å². The molecule has 118 valence electrons. The van der Waals surface area contributed by atoms with Crippen molar-refractivity contribution in [1.29, 1.82) is 0 Å². The molecular weight excluding hydrogens is 284 g/mol. The lowest BCUT2D eigenvalue weighted by molar-refractivity contribution is 1.05. The molecule has 0 bridgehead atoms. The zero-order valence-electron chi connectivity index (χ0n) is 15.1. The summed E-state index contributed by atoms with van der Waals surface area (Å²) in [4.78, 5) is 0. The molecule has 0 heterocycles. The summed E-state index contributed by atoms with van der Waals surface area (Å²) in [6, 6.07) is 2.49. The predicted octanol–water partition coefficient (Wildman–Crippen LogP) is 6.81. The minimum atomic E-state index is -1.04. The van der Waals surface area contributed by atoms with Crippen LogP contribution in [0.5, 0.6) is 0 Å². The van der Waals surface area contributed by atoms with Crippen LogP contribution < -0.4 is 0 Å². The van der Waals surface area contributed by atoms with Crippen molar-refractivity contribution in [1.82, 2.24) is 0 Å². The van der Waals surface area contributed by atoms with Gasteiger partial charge in [0.1, 0.15) is 0 Å². The van der Waals surface area contributed by atoms with Gasteiger partial charge in [-0.05, 0) is 42.5 Å². The maximum Gasteiger partial charge on any atom is 0.0483 e. The summed E-state index contributed by atoms with van der Waals surface area (Å²) in [5.41, 5.74) is 5.89. The van der Waals surface area contributed by atoms with Crippen LogP contribution in [0, 0.1) is 0 Å². The molecule has 0 aliphatic heterocycles. The van der Waals surface area contributed by atoms with E-state index < -0.39 is 16.1 Å². The SMILES string of the molecule is C=C(CC1=CCC=C1CC(=C)C[Si](C)(C)C)C[Si](C)(C)C. The van der Waals surface area contributed by atoms with E-state index in [4.69, 9.17) is 0 Å². The Morgan fingerprint density at radius 2 is 1.14 bits per heavy atom. The Balaban J connectivity index is 2.56. The average molecular weight is 319 g/mol. The standard InChI is InChI=1S/C19H34Si2/c1-16(14-20(3,4)5)12-18-10-9-11-19(18)13-17(2)15-21(6,7)8/h10-11H,1-2,9,12-15H2,3-8H3. The Bertz CT molecular complexity index is 421. The van der Waals surface area contributed by atoms with E-state index in [1.807, 2.05) is 0 Å². The van der Waals surface area contributed by atoms with Gasteiger partial charge in [0.05, 0.1) is 0 Å². The van der Waals surface area contributed by atoms with E-state index in [9.17, 15) is 0 Å². The molecule has 0 spiro atoms. The molecule has 0 atom stereocenters. The summed E-state index contributed by atoms with van der Waals surface area (Å²) < 4.78 is 0. The molecule has 0 fully saturated rings. The maximum atomic E-state index is 4.33. The van der Waals surface area contributed by atoms with E-state index in [0.717, 1.165) is 19.3 Å². The molecule has 1 aliphatic rings. The minimum absolute atomic E-state index is 1.04. The molecule has 0 aromatic heterocycles. The summed E-state index contributed by atoms with van der Waals surface area (Å²) >= 11 is 0. The fraction of sp³-hybridized carbons (Fsp3) is 0.579. The Kier molecular flexibility index (Phi) is 6.24. The molecule has 0 N–H and O–H groups in total. The Hall–Kier alpha value is -0.606. The van der Waals surface area contributed by atoms with Gasteiger partial charge in [-0.25, -0.2) is 0 Å². The molecule has 0 saturated carbocycles. The van der Waals surface area contributed by atoms with Crippen molar-refractivity contribution in [2.45, 2.75) is 70.6 Å². The van der Waals surface area contributed by atoms with E-state index in [0.29, 0.717) is 0 Å². The summed E-state index contributed by atoms with van der Waals surface area (Å²) in [6.45, 7) is 23.2. The molecule has 0 nitrogen and oxygen atoms in total. The molecule has 0 aromatic carbocycles. The second kappa shape index (κ2) is 7.10. The van der Waals surface area contributed by atoms with E-state index in [1.165, 1.54) is 34.4 Å². The number of hydrogen-bond donors (Lipinski definition) is 0. The van der Waals surface area contributed by atoms with Crippen LogP contribution in [0.25, 0.3) is 0 Å². The van der Waals surface area contributed by atoms with Crippen molar-refractivity contribution >= 4 is 16.1 Å². The highest BCUT2D eigenvalue weighted by Gasteiger charge is 2.19. The van der Waals surface area contributed by atoms with E-state index in [2.05, 4.69) is 64.6 Å². The third-order valence-corrected chi connectivity index (χ3v) is 6.70. The van der Waals surface area contributed by atoms with Crippen molar-refractivity contribution < 1.29 is 0 Å². The van der Waals surface area contributed by atoms with Crippen LogP contribution in [0.2, 0.25) is 51.4 Å². The third kappa shape index (κ3) is 7.82. The van der Waals surface area contributed by atoms with Gasteiger partial charge in [0, 0.05) is 16.1 Å². The first-order chi connectivity index (χ1) is 9.46. The normalized spacial score (nSPS) is 15.7. The largest absolute Gasteiger partial charge is 0.0998 e. The lowest BCUT2D eigenvalue weighted by Gasteiger charge is -2.21. The molecule has 0 unspecified atom stereocenters. The lowest BCUT2D eigenvalue weighted by atomic mass is 9.97. The monoisotopic (exact) mass is 318 g/mol. The van der Waals surface area contributed by atoms with Gasteiger partial charge in [-0.1, -0.05) is 75.7 Å². The molecule has 21 heavy (non-hydrogen) atoms. The van der Waals surface area contributed by atoms with Crippen molar-refractivity contribution in [3.8, 4) is 0 Å². The Morgan fingerprint density at radius 1 is 0.810 bits per heavy atom. The second-order valence-corrected chi connectivity index (χ2v) is 20.0. The number of rotatable bonds is 8. The molecule has 0 amide bonds. The lowest BCUT2D eigenvalue weighted by Crippen LogP contribution is -2.20. The summed E-state index contributed by atoms with van der Waals surface area (Å²) in [5.74, 6) is 0. The van der Waals surface area contributed by atoms with Gasteiger partial charge in [0.15, 0.2) is 0 Å². The third-order valence-electron chi connectivity index (χ3n) is 3.58. The Morgan fingerprint density at radius 3 is 1.43 bits per heavy atom. The molecular formula is C19H34Si2. The quantitative estimate of drug-likeness (QED) is 0.340. The van der Waals surface area contributed by atoms with Crippen LogP contribution in [-0.4, -0.2) is 16.1 Å². The fourth-order valence-corrected chi connectivity index (χ4v) is 6.39. The summed E-state index contributed by atoms with van der Waals surface area (Å²) in [7, 11) is -2.07. The van der Waals surface area contributed by atoms with Crippen molar-refractivity contribution in [2.75, 3.05) is 0 Å². The molecule has 2 heteroatoms. The smallest absolute Gasteiger partial charge is 0.0483 e. The van der Waals surface area contributed by atoms with Crippen LogP contribution in [0.3, 0.4) is 0 Å². The van der Waals surface area contributed by atoms with Gasteiger partial charge in [0.25, 0.3) is 0 Å². The van der Waals surface area contributed by atoms with Gasteiger partial charge in [-0.2, -0.15) is 0 Å². The predicted molar refractivity (Wildman–Crippen MR) is 105 cm³/mol. The fourth-order valence-electron chi connectivity index (χ4n) is 3.14. The molecule has 1 rings (SSSR count). The van der Waals surface area contributed by atoms with Crippen molar-refractivity contribution in [3.63, 3.8) is 0 Å². The first kappa shape index (κ1) is 18.4. The van der Waals surface area contributed by atoms with Crippen LogP contribution in [-0.2, 0) is 0 Å². The molecule has 0 saturated heterocycles. The molecule has 1 aliphatic carbocycles. The highest BCUT2D eigenvalue weighted by molar-refractivity contribution is 6.77. The molecule has 0 radical (unpaired) electrons. The summed E-state index contributed by atoms with van der Waals surface area (Å²) in [6.07, 6.45) is 8.05. The van der Waals surface area contributed by atoms with Crippen LogP contribution in [0.15, 0.2) is 47.6 Å². The summed E-state index contributed by atoms with van der Waals surface area (Å²) in [5, 5.41) is 0. The first-order valence-electron chi connectivity index (χ1n) is 8.18. The van der Waals surface area contributed by atoms with Gasteiger partial charge in [0.2, 0.25) is 0 Å². The highest BCUT2D eigenvalue weighted by Crippen LogP contribution is 2.33. The van der Waals surface area contributed by atoms with Crippen molar-refractivity contribution in [3.05, 3.63) is 47.6 Å². The second-order valence-electron chi connectivity index (χ2n) is 9.02. The minimum Gasteiger partial charge on any atom is -0.0998 e. The van der Waals surface area contributed by atoms with Gasteiger partial charge in [-0.3, -0.25) is 0 Å². The first-order valence-corrected chi connectivity index (χ1v) is 15.6. The van der Waals surface area contributed by atoms with Gasteiger partial charge in [-0.15, -0.1) is 0 Å². The van der Waals surface area contributed by atoms with Crippen molar-refractivity contribution in [2.24, 2.45) is 0 Å². The van der Waals surface area contributed by atoms with E-state index >= 15 is 0 Å². The van der Waals surface area contributed by atoms with Crippen LogP contribution >= 0.6 is 0 Å². The highest BCUT2D eigenvalue weighted by atomic mass is 28.3. The van der Waals surface area contributed by atoms with Crippen LogP contribution in [0.4, 0.5) is 0 Å². The van der Waals surface area contributed by atoms with Crippen LogP contribution in [0.1, 0.15) is 19.3 Å². The molecule has 0 aromatic rings. The number of hydrogen-bond acceptors (Lipinski definition) is 0.